The smallest absolute Gasteiger partial charge is 0.137 e. The van der Waals surface area contributed by atoms with E-state index in [2.05, 4.69) is 284 Å². The summed E-state index contributed by atoms with van der Waals surface area (Å²) in [5, 5.41) is 6.86. The molecule has 3 aliphatic carbocycles. The van der Waals surface area contributed by atoms with Crippen molar-refractivity contribution in [3.05, 3.63) is 318 Å². The number of anilines is 3. The van der Waals surface area contributed by atoms with Crippen molar-refractivity contribution >= 4 is 92.4 Å². The molecule has 0 saturated heterocycles. The Morgan fingerprint density at radius 3 is 1.49 bits per heavy atom. The minimum atomic E-state index is -0.523. The number of nitrogens with zero attached hydrogens (tertiary/aromatic N) is 1. The van der Waals surface area contributed by atoms with E-state index in [9.17, 15) is 0 Å². The molecular weight excluding hydrogens is 1040 g/mol. The van der Waals surface area contributed by atoms with Crippen molar-refractivity contribution in [2.45, 2.75) is 11.3 Å². The van der Waals surface area contributed by atoms with Crippen molar-refractivity contribution in [1.82, 2.24) is 0 Å². The minimum absolute atomic E-state index is 0.118. The predicted octanol–water partition coefficient (Wildman–Crippen LogP) is 22.2. The summed E-state index contributed by atoms with van der Waals surface area (Å²) < 4.78 is 16.4. The molecule has 0 radical (unpaired) electrons. The van der Waals surface area contributed by atoms with Crippen LogP contribution in [0, 0.1) is 0 Å². The molecule has 0 aliphatic heterocycles. The average Bonchev–Trinajstić information content (AvgIpc) is 2.31. The first kappa shape index (κ1) is 46.1. The van der Waals surface area contributed by atoms with E-state index in [1.54, 1.807) is 0 Å². The molecule has 84 heavy (non-hydrogen) atoms. The van der Waals surface area contributed by atoms with E-state index in [0.29, 0.717) is 0 Å². The average molecular weight is 1090 g/mol. The molecular formula is C80H47NO2S. The maximum atomic E-state index is 6.99. The van der Waals surface area contributed by atoms with Gasteiger partial charge in [0.1, 0.15) is 22.3 Å². The Morgan fingerprint density at radius 2 is 0.786 bits per heavy atom. The van der Waals surface area contributed by atoms with Crippen molar-refractivity contribution in [3.63, 3.8) is 0 Å². The Balaban J connectivity index is 0.824. The van der Waals surface area contributed by atoms with Crippen LogP contribution in [0.4, 0.5) is 17.1 Å². The summed E-state index contributed by atoms with van der Waals surface area (Å²) in [6.07, 6.45) is 0. The molecule has 0 bridgehead atoms. The normalized spacial score (nSPS) is 14.2. The van der Waals surface area contributed by atoms with Crippen LogP contribution in [0.5, 0.6) is 0 Å². The van der Waals surface area contributed by atoms with E-state index in [4.69, 9.17) is 8.83 Å². The summed E-state index contributed by atoms with van der Waals surface area (Å²) in [6.45, 7) is 0. The van der Waals surface area contributed by atoms with Gasteiger partial charge in [0.2, 0.25) is 0 Å². The molecule has 16 aromatic rings. The van der Waals surface area contributed by atoms with Gasteiger partial charge in [-0.05, 0) is 168 Å². The quantitative estimate of drug-likeness (QED) is 0.166. The third-order valence-corrected chi connectivity index (χ3v) is 19.9. The van der Waals surface area contributed by atoms with Crippen LogP contribution >= 0.6 is 11.3 Å². The van der Waals surface area contributed by atoms with Crippen molar-refractivity contribution in [3.8, 4) is 55.6 Å². The fourth-order valence-corrected chi connectivity index (χ4v) is 16.4. The van der Waals surface area contributed by atoms with Gasteiger partial charge in [0.25, 0.3) is 0 Å². The number of furan rings is 2. The number of rotatable bonds is 6. The first-order valence-corrected chi connectivity index (χ1v) is 29.8. The Labute approximate surface area is 488 Å². The van der Waals surface area contributed by atoms with E-state index < -0.39 is 5.41 Å². The highest BCUT2D eigenvalue weighted by Crippen LogP contribution is 2.65. The highest BCUT2D eigenvalue weighted by molar-refractivity contribution is 7.25. The van der Waals surface area contributed by atoms with Crippen molar-refractivity contribution in [2.24, 2.45) is 0 Å². The third-order valence-electron chi connectivity index (χ3n) is 18.8. The lowest BCUT2D eigenvalue weighted by Crippen LogP contribution is -2.26. The number of benzene rings is 13. The van der Waals surface area contributed by atoms with Gasteiger partial charge in [0, 0.05) is 42.4 Å². The molecule has 13 aromatic carbocycles. The van der Waals surface area contributed by atoms with Gasteiger partial charge in [-0.3, -0.25) is 0 Å². The molecule has 0 saturated carbocycles. The molecule has 3 aromatic heterocycles. The van der Waals surface area contributed by atoms with Crippen molar-refractivity contribution in [2.75, 3.05) is 4.90 Å². The van der Waals surface area contributed by atoms with E-state index >= 15 is 0 Å². The molecule has 3 heterocycles. The molecule has 0 amide bonds. The van der Waals surface area contributed by atoms with Gasteiger partial charge >= 0.3 is 0 Å². The van der Waals surface area contributed by atoms with Crippen LogP contribution in [-0.2, 0) is 5.41 Å². The Bertz CT molecular complexity index is 5440. The van der Waals surface area contributed by atoms with Crippen LogP contribution in [0.25, 0.3) is 120 Å². The summed E-state index contributed by atoms with van der Waals surface area (Å²) in [4.78, 5) is 2.52. The van der Waals surface area contributed by atoms with Gasteiger partial charge in [-0.1, -0.05) is 200 Å². The zero-order valence-corrected chi connectivity index (χ0v) is 46.1. The van der Waals surface area contributed by atoms with Gasteiger partial charge in [0.15, 0.2) is 0 Å². The molecule has 1 unspecified atom stereocenters. The monoisotopic (exact) mass is 1090 g/mol. The van der Waals surface area contributed by atoms with Crippen LogP contribution in [-0.4, -0.2) is 0 Å². The Kier molecular flexibility index (Phi) is 9.48. The van der Waals surface area contributed by atoms with E-state index in [1.165, 1.54) is 104 Å². The molecule has 390 valence electrons. The summed E-state index contributed by atoms with van der Waals surface area (Å²) >= 11 is 1.87. The van der Waals surface area contributed by atoms with Crippen LogP contribution < -0.4 is 4.90 Å². The SMILES string of the molecule is c1ccc(C2c3ccc(-c4ccc5sc6ccccc6c5c4)cc3-c3cc(-c4ccc5oc6cccc(N(c7cccc8c7-c7ccccc7C87c8ccccc8-c8ccccc87)c7cccc8oc9ccccc9c78)c6c5c4)ccc32)cc1. The molecule has 0 N–H and O–H groups in total. The summed E-state index contributed by atoms with van der Waals surface area (Å²) in [5.74, 6) is 0.118. The predicted molar refractivity (Wildman–Crippen MR) is 349 cm³/mol. The second kappa shape index (κ2) is 17.3. The van der Waals surface area contributed by atoms with Crippen molar-refractivity contribution < 1.29 is 8.83 Å². The van der Waals surface area contributed by atoms with E-state index in [0.717, 1.165) is 72.1 Å². The van der Waals surface area contributed by atoms with Gasteiger partial charge in [-0.25, -0.2) is 0 Å². The fraction of sp³-hybridized carbons (Fsp3) is 0.0250. The maximum Gasteiger partial charge on any atom is 0.137 e. The second-order valence-electron chi connectivity index (χ2n) is 22.9. The lowest BCUT2D eigenvalue weighted by molar-refractivity contribution is 0.669. The van der Waals surface area contributed by atoms with Gasteiger partial charge < -0.3 is 13.7 Å². The topological polar surface area (TPSA) is 29.5 Å². The highest BCUT2D eigenvalue weighted by atomic mass is 32.1. The van der Waals surface area contributed by atoms with Crippen LogP contribution in [0.3, 0.4) is 0 Å². The van der Waals surface area contributed by atoms with Gasteiger partial charge in [0.05, 0.1) is 33.2 Å². The number of hydrogen-bond acceptors (Lipinski definition) is 4. The number of fused-ring (bicyclic) bond motifs is 22. The highest BCUT2D eigenvalue weighted by Gasteiger charge is 2.52. The standard InChI is InChI=1S/C80H47NO2S/c1-2-17-47(18-3-1)76-55-39-35-48(43-59(55)60-44-49(36-40-56(60)76)51-38-42-75-61(45-51)54-21-8-13-34-74(54)84-75)50-37-41-71-62(46-50)79-69(30-16-33-73(79)83-71)81(68-29-15-32-72-78(68)58-23-7-12-31-70(58)82-72)67-28-14-27-66-77(67)57-22-6-11-26-65(57)80(66)63-24-9-4-19-52(63)53-20-5-10-25-64(53)80/h1-46,76H. The molecule has 1 spiro atoms. The first-order valence-electron chi connectivity index (χ1n) is 29.0. The lowest BCUT2D eigenvalue weighted by Gasteiger charge is -2.32. The molecule has 3 aliphatic rings. The minimum Gasteiger partial charge on any atom is -0.456 e. The number of para-hydroxylation sites is 1. The van der Waals surface area contributed by atoms with Crippen molar-refractivity contribution in [1.29, 1.82) is 0 Å². The number of hydrogen-bond donors (Lipinski definition) is 0. The molecule has 3 nitrogen and oxygen atoms in total. The first-order chi connectivity index (χ1) is 41.7. The Hall–Kier alpha value is -10.5. The maximum absolute atomic E-state index is 6.99. The largest absolute Gasteiger partial charge is 0.456 e. The summed E-state index contributed by atoms with van der Waals surface area (Å²) in [5.41, 5.74) is 27.4. The van der Waals surface area contributed by atoms with Crippen LogP contribution in [0.15, 0.2) is 288 Å². The van der Waals surface area contributed by atoms with Crippen LogP contribution in [0.1, 0.15) is 44.9 Å². The molecule has 19 rings (SSSR count). The van der Waals surface area contributed by atoms with Gasteiger partial charge in [-0.2, -0.15) is 0 Å². The summed E-state index contributed by atoms with van der Waals surface area (Å²) in [6, 6.07) is 104. The van der Waals surface area contributed by atoms with Crippen LogP contribution in [0.2, 0.25) is 0 Å². The fourth-order valence-electron chi connectivity index (χ4n) is 15.3. The third kappa shape index (κ3) is 6.24. The van der Waals surface area contributed by atoms with E-state index in [-0.39, 0.29) is 5.92 Å². The van der Waals surface area contributed by atoms with E-state index in [1.807, 2.05) is 11.3 Å². The Morgan fingerprint density at radius 1 is 0.310 bits per heavy atom. The summed E-state index contributed by atoms with van der Waals surface area (Å²) in [7, 11) is 0. The number of thiophene rings is 1. The zero-order valence-electron chi connectivity index (χ0n) is 45.3. The van der Waals surface area contributed by atoms with Gasteiger partial charge in [-0.15, -0.1) is 11.3 Å². The molecule has 1 atom stereocenters. The second-order valence-corrected chi connectivity index (χ2v) is 24.0. The molecule has 0 fully saturated rings. The lowest BCUT2D eigenvalue weighted by atomic mass is 9.70. The zero-order chi connectivity index (χ0) is 54.8. The molecule has 4 heteroatoms.